The standard InChI is InChI=1S/C9H13N/c1-7-4-3-5-8(2)9(10)6-7/h3-7H,10H2,1-2H3. The number of allylic oxidation sites excluding steroid dienone is 5. The van der Waals surface area contributed by atoms with Crippen LogP contribution in [0.25, 0.3) is 0 Å². The van der Waals surface area contributed by atoms with E-state index in [1.54, 1.807) is 0 Å². The molecule has 2 N–H and O–H groups in total. The van der Waals surface area contributed by atoms with E-state index >= 15 is 0 Å². The van der Waals surface area contributed by atoms with E-state index in [0.717, 1.165) is 11.3 Å². The average molecular weight is 135 g/mol. The first kappa shape index (κ1) is 7.13. The van der Waals surface area contributed by atoms with Crippen molar-refractivity contribution in [2.75, 3.05) is 0 Å². The topological polar surface area (TPSA) is 26.0 Å². The Morgan fingerprint density at radius 3 is 2.90 bits per heavy atom. The quantitative estimate of drug-likeness (QED) is 0.540. The fourth-order valence-corrected chi connectivity index (χ4v) is 0.942. The van der Waals surface area contributed by atoms with E-state index in [4.69, 9.17) is 5.73 Å². The summed E-state index contributed by atoms with van der Waals surface area (Å²) in [5.74, 6) is 0.466. The highest BCUT2D eigenvalue weighted by molar-refractivity contribution is 5.33. The number of hydrogen-bond acceptors (Lipinski definition) is 1. The highest BCUT2D eigenvalue weighted by Gasteiger charge is 1.99. The van der Waals surface area contributed by atoms with E-state index in [1.165, 1.54) is 0 Å². The zero-order valence-electron chi connectivity index (χ0n) is 6.46. The van der Waals surface area contributed by atoms with Crippen molar-refractivity contribution in [1.29, 1.82) is 0 Å². The molecule has 0 aromatic rings. The van der Waals surface area contributed by atoms with E-state index in [1.807, 2.05) is 13.0 Å². The summed E-state index contributed by atoms with van der Waals surface area (Å²) in [7, 11) is 0. The SMILES string of the molecule is CC1=CC=CC(C)C=C1N. The first-order valence-electron chi connectivity index (χ1n) is 3.53. The van der Waals surface area contributed by atoms with E-state index < -0.39 is 0 Å². The highest BCUT2D eigenvalue weighted by atomic mass is 14.6. The van der Waals surface area contributed by atoms with Gasteiger partial charge in [-0.15, -0.1) is 0 Å². The summed E-state index contributed by atoms with van der Waals surface area (Å²) in [4.78, 5) is 0. The molecule has 1 aliphatic rings. The molecular formula is C9H13N. The van der Waals surface area contributed by atoms with Crippen molar-refractivity contribution in [3.63, 3.8) is 0 Å². The second-order valence-corrected chi connectivity index (χ2v) is 2.72. The highest BCUT2D eigenvalue weighted by Crippen LogP contribution is 2.12. The molecule has 0 heterocycles. The van der Waals surface area contributed by atoms with Crippen molar-refractivity contribution in [2.45, 2.75) is 13.8 Å². The van der Waals surface area contributed by atoms with Crippen molar-refractivity contribution in [3.8, 4) is 0 Å². The van der Waals surface area contributed by atoms with Gasteiger partial charge in [0.1, 0.15) is 0 Å². The third-order valence-electron chi connectivity index (χ3n) is 1.66. The molecule has 1 atom stereocenters. The Kier molecular flexibility index (Phi) is 1.95. The molecule has 0 spiro atoms. The van der Waals surface area contributed by atoms with Crippen molar-refractivity contribution < 1.29 is 0 Å². The maximum absolute atomic E-state index is 5.72. The van der Waals surface area contributed by atoms with Crippen LogP contribution in [0, 0.1) is 5.92 Å². The maximum Gasteiger partial charge on any atom is 0.0309 e. The predicted octanol–water partition coefficient (Wildman–Crippen LogP) is 1.98. The molecule has 0 fully saturated rings. The molecule has 1 nitrogen and oxygen atoms in total. The maximum atomic E-state index is 5.72. The van der Waals surface area contributed by atoms with Crippen LogP contribution in [-0.4, -0.2) is 0 Å². The fraction of sp³-hybridized carbons (Fsp3) is 0.333. The summed E-state index contributed by atoms with van der Waals surface area (Å²) in [5.41, 5.74) is 7.78. The largest absolute Gasteiger partial charge is 0.399 e. The summed E-state index contributed by atoms with van der Waals surface area (Å²) in [5, 5.41) is 0. The molecule has 0 aromatic carbocycles. The predicted molar refractivity (Wildman–Crippen MR) is 44.3 cm³/mol. The molecule has 1 unspecified atom stereocenters. The van der Waals surface area contributed by atoms with Gasteiger partial charge in [-0.1, -0.05) is 31.2 Å². The molecule has 0 aromatic heterocycles. The Labute approximate surface area is 61.9 Å². The molecule has 54 valence electrons. The van der Waals surface area contributed by atoms with Gasteiger partial charge in [0.25, 0.3) is 0 Å². The molecule has 0 saturated heterocycles. The lowest BCUT2D eigenvalue weighted by Gasteiger charge is -1.99. The van der Waals surface area contributed by atoms with Crippen molar-refractivity contribution >= 4 is 0 Å². The summed E-state index contributed by atoms with van der Waals surface area (Å²) in [6.45, 7) is 4.14. The van der Waals surface area contributed by atoms with Crippen LogP contribution in [-0.2, 0) is 0 Å². The molecule has 10 heavy (non-hydrogen) atoms. The van der Waals surface area contributed by atoms with Crippen LogP contribution in [0.15, 0.2) is 35.6 Å². The fourth-order valence-electron chi connectivity index (χ4n) is 0.942. The van der Waals surface area contributed by atoms with Crippen LogP contribution in [0.3, 0.4) is 0 Å². The summed E-state index contributed by atoms with van der Waals surface area (Å²) in [6, 6.07) is 0. The van der Waals surface area contributed by atoms with Crippen LogP contribution in [0.5, 0.6) is 0 Å². The molecule has 0 bridgehead atoms. The van der Waals surface area contributed by atoms with Crippen molar-refractivity contribution in [2.24, 2.45) is 11.7 Å². The van der Waals surface area contributed by atoms with Gasteiger partial charge >= 0.3 is 0 Å². The molecule has 0 aliphatic heterocycles. The van der Waals surface area contributed by atoms with Gasteiger partial charge in [0.15, 0.2) is 0 Å². The third kappa shape index (κ3) is 1.50. The van der Waals surface area contributed by atoms with Crippen LogP contribution in [0.1, 0.15) is 13.8 Å². The Morgan fingerprint density at radius 2 is 2.20 bits per heavy atom. The van der Waals surface area contributed by atoms with Crippen molar-refractivity contribution in [3.05, 3.63) is 35.6 Å². The monoisotopic (exact) mass is 135 g/mol. The van der Waals surface area contributed by atoms with E-state index in [9.17, 15) is 0 Å². The lowest BCUT2D eigenvalue weighted by Crippen LogP contribution is -1.99. The van der Waals surface area contributed by atoms with E-state index in [2.05, 4.69) is 25.2 Å². The van der Waals surface area contributed by atoms with Gasteiger partial charge < -0.3 is 5.73 Å². The number of rotatable bonds is 0. The lowest BCUT2D eigenvalue weighted by atomic mass is 10.1. The minimum atomic E-state index is 0.466. The molecule has 0 saturated carbocycles. The Morgan fingerprint density at radius 1 is 1.50 bits per heavy atom. The summed E-state index contributed by atoms with van der Waals surface area (Å²) < 4.78 is 0. The smallest absolute Gasteiger partial charge is 0.0309 e. The lowest BCUT2D eigenvalue weighted by molar-refractivity contribution is 0.928. The van der Waals surface area contributed by atoms with Gasteiger partial charge in [-0.05, 0) is 18.4 Å². The molecule has 1 aliphatic carbocycles. The second kappa shape index (κ2) is 2.74. The van der Waals surface area contributed by atoms with Crippen LogP contribution >= 0.6 is 0 Å². The normalized spacial score (nSPS) is 25.2. The van der Waals surface area contributed by atoms with Crippen molar-refractivity contribution in [1.82, 2.24) is 0 Å². The average Bonchev–Trinajstić information content (AvgIpc) is 1.96. The Hall–Kier alpha value is -0.980. The molecule has 0 radical (unpaired) electrons. The first-order chi connectivity index (χ1) is 4.70. The Bertz CT molecular complexity index is 209. The zero-order valence-corrected chi connectivity index (χ0v) is 6.46. The van der Waals surface area contributed by atoms with E-state index in [0.29, 0.717) is 5.92 Å². The second-order valence-electron chi connectivity index (χ2n) is 2.72. The van der Waals surface area contributed by atoms with Gasteiger partial charge in [0.05, 0.1) is 0 Å². The number of hydrogen-bond donors (Lipinski definition) is 1. The minimum Gasteiger partial charge on any atom is -0.399 e. The van der Waals surface area contributed by atoms with Gasteiger partial charge in [-0.2, -0.15) is 0 Å². The molecule has 1 rings (SSSR count). The molecular weight excluding hydrogens is 122 g/mol. The first-order valence-corrected chi connectivity index (χ1v) is 3.53. The van der Waals surface area contributed by atoms with E-state index in [-0.39, 0.29) is 0 Å². The summed E-state index contributed by atoms with van der Waals surface area (Å²) in [6.07, 6.45) is 8.28. The minimum absolute atomic E-state index is 0.466. The van der Waals surface area contributed by atoms with Gasteiger partial charge in [0, 0.05) is 5.70 Å². The van der Waals surface area contributed by atoms with Crippen LogP contribution < -0.4 is 5.73 Å². The Balaban J connectivity index is 2.90. The molecule has 0 amide bonds. The zero-order chi connectivity index (χ0) is 7.56. The number of nitrogens with two attached hydrogens (primary N) is 1. The van der Waals surface area contributed by atoms with Crippen LogP contribution in [0.4, 0.5) is 0 Å². The van der Waals surface area contributed by atoms with Gasteiger partial charge in [-0.3, -0.25) is 0 Å². The molecule has 1 heteroatoms. The van der Waals surface area contributed by atoms with Gasteiger partial charge in [0.2, 0.25) is 0 Å². The van der Waals surface area contributed by atoms with Crippen LogP contribution in [0.2, 0.25) is 0 Å². The van der Waals surface area contributed by atoms with Gasteiger partial charge in [-0.25, -0.2) is 0 Å². The summed E-state index contributed by atoms with van der Waals surface area (Å²) >= 11 is 0. The third-order valence-corrected chi connectivity index (χ3v) is 1.66.